The second-order valence-electron chi connectivity index (χ2n) is 2.43. The van der Waals surface area contributed by atoms with Crippen molar-refractivity contribution in [2.24, 2.45) is 15.2 Å². The first kappa shape index (κ1) is 7.36. The molecule has 5 heteroatoms. The van der Waals surface area contributed by atoms with E-state index >= 15 is 0 Å². The maximum absolute atomic E-state index is 11.2. The molecule has 0 N–H and O–H groups in total. The number of allylic oxidation sites excluding steroid dienone is 2. The predicted molar refractivity (Wildman–Crippen MR) is 43.9 cm³/mol. The van der Waals surface area contributed by atoms with Crippen LogP contribution in [-0.4, -0.2) is 11.1 Å². The van der Waals surface area contributed by atoms with Gasteiger partial charge in [0.2, 0.25) is 0 Å². The van der Waals surface area contributed by atoms with Crippen LogP contribution >= 0.6 is 11.6 Å². The molecule has 0 saturated carbocycles. The average molecular weight is 182 g/mol. The summed E-state index contributed by atoms with van der Waals surface area (Å²) in [7, 11) is 0. The molecule has 0 atom stereocenters. The molecule has 2 rings (SSSR count). The number of aliphatic imine (C=N–C) groups is 1. The van der Waals surface area contributed by atoms with Crippen LogP contribution in [0.15, 0.2) is 38.3 Å². The van der Waals surface area contributed by atoms with Gasteiger partial charge in [0, 0.05) is 6.08 Å². The molecule has 0 saturated heterocycles. The van der Waals surface area contributed by atoms with Gasteiger partial charge in [0.1, 0.15) is 10.9 Å². The molecule has 2 heterocycles. The first-order valence-electron chi connectivity index (χ1n) is 3.31. The maximum atomic E-state index is 11.2. The number of hydrogen-bond donors (Lipinski definition) is 0. The Hall–Kier alpha value is -1.29. The summed E-state index contributed by atoms with van der Waals surface area (Å²) in [4.78, 5) is 14.8. The van der Waals surface area contributed by atoms with Gasteiger partial charge in [-0.3, -0.25) is 4.79 Å². The summed E-state index contributed by atoms with van der Waals surface area (Å²) >= 11 is 5.55. The van der Waals surface area contributed by atoms with Crippen LogP contribution in [0.5, 0.6) is 0 Å². The molecule has 0 aromatic carbocycles. The molecule has 0 aromatic rings. The molecule has 2 aliphatic rings. The molecular formula is C7H4ClN3O. The number of fused-ring (bicyclic) bond motifs is 1. The zero-order valence-corrected chi connectivity index (χ0v) is 6.96. The fourth-order valence-corrected chi connectivity index (χ4v) is 1.26. The molecule has 12 heavy (non-hydrogen) atoms. The van der Waals surface area contributed by atoms with Crippen molar-refractivity contribution in [2.75, 3.05) is 0 Å². The van der Waals surface area contributed by atoms with E-state index in [0.717, 1.165) is 0 Å². The van der Waals surface area contributed by atoms with Crippen LogP contribution in [0.25, 0.3) is 0 Å². The van der Waals surface area contributed by atoms with Crippen LogP contribution in [0.1, 0.15) is 6.92 Å². The fraction of sp³-hybridized carbons (Fsp3) is 0.143. The Labute approximate surface area is 73.3 Å². The minimum atomic E-state index is -0.361. The summed E-state index contributed by atoms with van der Waals surface area (Å²) in [6.07, 6.45) is 1.53. The minimum Gasteiger partial charge on any atom is -0.267 e. The highest BCUT2D eigenvalue weighted by atomic mass is 35.5. The van der Waals surface area contributed by atoms with E-state index in [1.165, 1.54) is 6.08 Å². The molecule has 0 radical (unpaired) electrons. The number of amides is 1. The van der Waals surface area contributed by atoms with Crippen LogP contribution in [0, 0.1) is 0 Å². The van der Waals surface area contributed by atoms with Crippen LogP contribution in [0.2, 0.25) is 0 Å². The van der Waals surface area contributed by atoms with Crippen molar-refractivity contribution in [3.8, 4) is 0 Å². The van der Waals surface area contributed by atoms with Gasteiger partial charge in [-0.15, -0.1) is 5.11 Å². The molecular weight excluding hydrogens is 178 g/mol. The normalized spacial score (nSPS) is 21.0. The lowest BCUT2D eigenvalue weighted by Gasteiger charge is -2.03. The standard InChI is InChI=1S/C7H4ClN3O/c1-3-6-4(11-10-3)2-5(8)9-7(6)12/h2H,1H3. The second kappa shape index (κ2) is 2.35. The lowest BCUT2D eigenvalue weighted by molar-refractivity contribution is -0.114. The smallest absolute Gasteiger partial charge is 0.267 e. The topological polar surface area (TPSA) is 54.1 Å². The van der Waals surface area contributed by atoms with E-state index in [4.69, 9.17) is 11.6 Å². The highest BCUT2D eigenvalue weighted by Gasteiger charge is 2.25. The third-order valence-electron chi connectivity index (χ3n) is 1.60. The average Bonchev–Trinajstić information content (AvgIpc) is 2.31. The molecule has 1 amide bonds. The quantitative estimate of drug-likeness (QED) is 0.562. The molecule has 0 bridgehead atoms. The van der Waals surface area contributed by atoms with E-state index in [1.54, 1.807) is 6.92 Å². The van der Waals surface area contributed by atoms with Crippen molar-refractivity contribution in [3.63, 3.8) is 0 Å². The summed E-state index contributed by atoms with van der Waals surface area (Å²) in [5.74, 6) is -0.361. The molecule has 0 aromatic heterocycles. The number of azo groups is 1. The third-order valence-corrected chi connectivity index (χ3v) is 1.80. The number of carbonyl (C=O) groups excluding carboxylic acids is 1. The SMILES string of the molecule is CC1=C2C(=O)N=C(Cl)C=C2N=N1. The van der Waals surface area contributed by atoms with Crippen molar-refractivity contribution in [2.45, 2.75) is 6.92 Å². The van der Waals surface area contributed by atoms with E-state index in [9.17, 15) is 4.79 Å². The summed E-state index contributed by atoms with van der Waals surface area (Å²) in [6, 6.07) is 0. The predicted octanol–water partition coefficient (Wildman–Crippen LogP) is 1.79. The van der Waals surface area contributed by atoms with Crippen molar-refractivity contribution in [1.29, 1.82) is 0 Å². The molecule has 4 nitrogen and oxygen atoms in total. The Morgan fingerprint density at radius 2 is 2.17 bits per heavy atom. The highest BCUT2D eigenvalue weighted by Crippen LogP contribution is 2.29. The Morgan fingerprint density at radius 1 is 1.42 bits per heavy atom. The molecule has 0 unspecified atom stereocenters. The first-order chi connectivity index (χ1) is 5.68. The van der Waals surface area contributed by atoms with Crippen LogP contribution < -0.4 is 0 Å². The van der Waals surface area contributed by atoms with Gasteiger partial charge in [0.25, 0.3) is 5.91 Å². The van der Waals surface area contributed by atoms with Gasteiger partial charge < -0.3 is 0 Å². The van der Waals surface area contributed by atoms with E-state index < -0.39 is 0 Å². The number of hydrogen-bond acceptors (Lipinski definition) is 3. The lowest BCUT2D eigenvalue weighted by atomic mass is 10.1. The number of nitrogens with zero attached hydrogens (tertiary/aromatic N) is 3. The van der Waals surface area contributed by atoms with Gasteiger partial charge in [-0.2, -0.15) is 10.1 Å². The van der Waals surface area contributed by atoms with Crippen molar-refractivity contribution in [3.05, 3.63) is 23.0 Å². The van der Waals surface area contributed by atoms with Crippen LogP contribution in [0.3, 0.4) is 0 Å². The summed E-state index contributed by atoms with van der Waals surface area (Å²) in [5.41, 5.74) is 1.57. The third kappa shape index (κ3) is 0.921. The Morgan fingerprint density at radius 3 is 2.92 bits per heavy atom. The molecule has 0 spiro atoms. The van der Waals surface area contributed by atoms with E-state index in [0.29, 0.717) is 17.0 Å². The van der Waals surface area contributed by atoms with Gasteiger partial charge in [-0.25, -0.2) is 0 Å². The second-order valence-corrected chi connectivity index (χ2v) is 2.82. The van der Waals surface area contributed by atoms with Crippen LogP contribution in [-0.2, 0) is 4.79 Å². The molecule has 60 valence electrons. The minimum absolute atomic E-state index is 0.160. The summed E-state index contributed by atoms with van der Waals surface area (Å²) in [5, 5.41) is 7.67. The van der Waals surface area contributed by atoms with Crippen molar-refractivity contribution < 1.29 is 4.79 Å². The van der Waals surface area contributed by atoms with E-state index in [1.807, 2.05) is 0 Å². The largest absolute Gasteiger partial charge is 0.282 e. The monoisotopic (exact) mass is 181 g/mol. The first-order valence-corrected chi connectivity index (χ1v) is 3.69. The zero-order chi connectivity index (χ0) is 8.72. The van der Waals surface area contributed by atoms with Crippen molar-refractivity contribution in [1.82, 2.24) is 0 Å². The number of dihydropyridines is 1. The number of rotatable bonds is 0. The van der Waals surface area contributed by atoms with Gasteiger partial charge in [-0.05, 0) is 6.92 Å². The molecule has 2 aliphatic heterocycles. The van der Waals surface area contributed by atoms with Crippen LogP contribution in [0.4, 0.5) is 0 Å². The van der Waals surface area contributed by atoms with Crippen molar-refractivity contribution >= 4 is 22.7 Å². The summed E-state index contributed by atoms with van der Waals surface area (Å²) in [6.45, 7) is 1.71. The number of carbonyl (C=O) groups is 1. The Balaban J connectivity index is 2.59. The van der Waals surface area contributed by atoms with Gasteiger partial charge >= 0.3 is 0 Å². The van der Waals surface area contributed by atoms with Gasteiger partial charge in [-0.1, -0.05) is 11.6 Å². The van der Waals surface area contributed by atoms with E-state index in [2.05, 4.69) is 15.2 Å². The van der Waals surface area contributed by atoms with Gasteiger partial charge in [0.15, 0.2) is 0 Å². The van der Waals surface area contributed by atoms with E-state index in [-0.39, 0.29) is 11.1 Å². The number of halogens is 1. The Bertz CT molecular complexity index is 389. The highest BCUT2D eigenvalue weighted by molar-refractivity contribution is 6.69. The lowest BCUT2D eigenvalue weighted by Crippen LogP contribution is -2.08. The summed E-state index contributed by atoms with van der Waals surface area (Å²) < 4.78 is 0. The molecule has 0 fully saturated rings. The zero-order valence-electron chi connectivity index (χ0n) is 6.21. The fourth-order valence-electron chi connectivity index (χ4n) is 1.08. The Kier molecular flexibility index (Phi) is 1.44. The maximum Gasteiger partial charge on any atom is 0.282 e. The molecule has 0 aliphatic carbocycles. The van der Waals surface area contributed by atoms with Gasteiger partial charge in [0.05, 0.1) is 11.3 Å².